The summed E-state index contributed by atoms with van der Waals surface area (Å²) in [7, 11) is 1.77. The molecule has 0 aliphatic carbocycles. The standard InChI is InChI=1S/C24H23ClN8O/c1-31-15-20(21(25)30-31)28-23-27-13-17-10-11-32(14-16-6-3-2-4-7-16)24(34)33(22(17)29-23)19-9-5-8-18(26)12-19/h2-9,12-13,15H,10-11,14,26H2,1H3,(H,27,28,29). The molecular weight excluding hydrogens is 452 g/mol. The van der Waals surface area contributed by atoms with E-state index in [2.05, 4.69) is 15.4 Å². The monoisotopic (exact) mass is 474 g/mol. The Labute approximate surface area is 201 Å². The van der Waals surface area contributed by atoms with E-state index < -0.39 is 0 Å². The summed E-state index contributed by atoms with van der Waals surface area (Å²) >= 11 is 6.19. The molecule has 5 rings (SSSR count). The van der Waals surface area contributed by atoms with E-state index in [9.17, 15) is 4.79 Å². The van der Waals surface area contributed by atoms with Crippen molar-refractivity contribution in [3.63, 3.8) is 0 Å². The lowest BCUT2D eigenvalue weighted by atomic mass is 10.2. The fraction of sp³-hybridized carbons (Fsp3) is 0.167. The third-order valence-corrected chi connectivity index (χ3v) is 5.82. The van der Waals surface area contributed by atoms with E-state index in [0.717, 1.165) is 11.1 Å². The second-order valence-corrected chi connectivity index (χ2v) is 8.40. The van der Waals surface area contributed by atoms with Gasteiger partial charge in [0, 0.05) is 43.8 Å². The summed E-state index contributed by atoms with van der Waals surface area (Å²) in [4.78, 5) is 26.4. The molecule has 3 heterocycles. The maximum atomic E-state index is 13.8. The zero-order valence-electron chi connectivity index (χ0n) is 18.5. The van der Waals surface area contributed by atoms with Crippen LogP contribution in [-0.2, 0) is 20.0 Å². The van der Waals surface area contributed by atoms with Crippen molar-refractivity contribution in [3.8, 4) is 0 Å². The van der Waals surface area contributed by atoms with Gasteiger partial charge in [-0.25, -0.2) is 14.7 Å². The Bertz CT molecular complexity index is 1340. The number of amides is 2. The zero-order chi connectivity index (χ0) is 23.7. The minimum Gasteiger partial charge on any atom is -0.399 e. The Morgan fingerprint density at radius 1 is 1.15 bits per heavy atom. The Morgan fingerprint density at radius 3 is 2.71 bits per heavy atom. The Balaban J connectivity index is 1.55. The number of rotatable bonds is 5. The third-order valence-electron chi connectivity index (χ3n) is 5.54. The Morgan fingerprint density at radius 2 is 1.97 bits per heavy atom. The van der Waals surface area contributed by atoms with Gasteiger partial charge in [-0.05, 0) is 30.2 Å². The van der Waals surface area contributed by atoms with Crippen LogP contribution in [0.15, 0.2) is 67.0 Å². The number of carbonyl (C=O) groups is 1. The highest BCUT2D eigenvalue weighted by atomic mass is 35.5. The molecular formula is C24H23ClN8O. The molecule has 0 fully saturated rings. The summed E-state index contributed by atoms with van der Waals surface area (Å²) in [6.45, 7) is 1.01. The molecule has 0 saturated carbocycles. The van der Waals surface area contributed by atoms with Crippen LogP contribution in [0.1, 0.15) is 11.1 Å². The number of urea groups is 1. The average Bonchev–Trinajstić information content (AvgIpc) is 3.07. The first-order valence-electron chi connectivity index (χ1n) is 10.8. The van der Waals surface area contributed by atoms with E-state index in [0.29, 0.717) is 53.5 Å². The molecule has 0 bridgehead atoms. The van der Waals surface area contributed by atoms with E-state index in [-0.39, 0.29) is 6.03 Å². The van der Waals surface area contributed by atoms with Gasteiger partial charge >= 0.3 is 6.03 Å². The minimum absolute atomic E-state index is 0.183. The molecule has 4 aromatic rings. The van der Waals surface area contributed by atoms with Crippen molar-refractivity contribution < 1.29 is 4.79 Å². The number of aryl methyl sites for hydroxylation is 1. The second kappa shape index (κ2) is 9.03. The van der Waals surface area contributed by atoms with E-state index in [1.165, 1.54) is 0 Å². The second-order valence-electron chi connectivity index (χ2n) is 8.04. The fourth-order valence-electron chi connectivity index (χ4n) is 3.92. The highest BCUT2D eigenvalue weighted by Gasteiger charge is 2.31. The number of hydrogen-bond acceptors (Lipinski definition) is 6. The predicted octanol–water partition coefficient (Wildman–Crippen LogP) is 4.51. The first kappa shape index (κ1) is 21.7. The molecule has 0 radical (unpaired) electrons. The molecule has 2 aromatic carbocycles. The highest BCUT2D eigenvalue weighted by Crippen LogP contribution is 2.34. The number of halogens is 1. The van der Waals surface area contributed by atoms with E-state index in [4.69, 9.17) is 22.3 Å². The summed E-state index contributed by atoms with van der Waals surface area (Å²) in [6, 6.07) is 16.9. The van der Waals surface area contributed by atoms with Crippen LogP contribution in [0.5, 0.6) is 0 Å². The van der Waals surface area contributed by atoms with Gasteiger partial charge in [0.1, 0.15) is 5.82 Å². The van der Waals surface area contributed by atoms with Crippen LogP contribution in [0.2, 0.25) is 5.15 Å². The van der Waals surface area contributed by atoms with Crippen LogP contribution in [0.25, 0.3) is 0 Å². The van der Waals surface area contributed by atoms with E-state index >= 15 is 0 Å². The van der Waals surface area contributed by atoms with Crippen LogP contribution >= 0.6 is 11.6 Å². The fourth-order valence-corrected chi connectivity index (χ4v) is 4.14. The molecule has 0 atom stereocenters. The molecule has 3 N–H and O–H groups in total. The van der Waals surface area contributed by atoms with Crippen molar-refractivity contribution in [1.29, 1.82) is 0 Å². The summed E-state index contributed by atoms with van der Waals surface area (Å²) in [6.07, 6.45) is 4.09. The van der Waals surface area contributed by atoms with Crippen LogP contribution in [0.3, 0.4) is 0 Å². The molecule has 0 unspecified atom stereocenters. The van der Waals surface area contributed by atoms with Crippen molar-refractivity contribution in [2.75, 3.05) is 22.5 Å². The molecule has 10 heteroatoms. The maximum Gasteiger partial charge on any atom is 0.330 e. The third kappa shape index (κ3) is 4.38. The van der Waals surface area contributed by atoms with Gasteiger partial charge in [0.25, 0.3) is 0 Å². The van der Waals surface area contributed by atoms with Gasteiger partial charge in [0.15, 0.2) is 5.15 Å². The van der Waals surface area contributed by atoms with Crippen LogP contribution in [-0.4, -0.2) is 37.2 Å². The predicted molar refractivity (Wildman–Crippen MR) is 132 cm³/mol. The normalized spacial score (nSPS) is 13.5. The molecule has 172 valence electrons. The van der Waals surface area contributed by atoms with Crippen molar-refractivity contribution in [1.82, 2.24) is 24.6 Å². The van der Waals surface area contributed by atoms with Crippen molar-refractivity contribution in [2.24, 2.45) is 7.05 Å². The number of carbonyl (C=O) groups excluding carboxylic acids is 1. The lowest BCUT2D eigenvalue weighted by Crippen LogP contribution is -2.40. The van der Waals surface area contributed by atoms with Gasteiger partial charge < -0.3 is 16.0 Å². The quantitative estimate of drug-likeness (QED) is 0.412. The van der Waals surface area contributed by atoms with Crippen molar-refractivity contribution in [3.05, 3.63) is 83.3 Å². The van der Waals surface area contributed by atoms with Gasteiger partial charge in [-0.15, -0.1) is 0 Å². The number of benzene rings is 2. The Kier molecular flexibility index (Phi) is 5.77. The summed E-state index contributed by atoms with van der Waals surface area (Å²) in [5, 5.41) is 7.53. The van der Waals surface area contributed by atoms with E-state index in [1.807, 2.05) is 47.4 Å². The smallest absolute Gasteiger partial charge is 0.330 e. The summed E-state index contributed by atoms with van der Waals surface area (Å²) < 4.78 is 1.60. The van der Waals surface area contributed by atoms with Crippen molar-refractivity contribution in [2.45, 2.75) is 13.0 Å². The molecule has 2 amide bonds. The number of anilines is 5. The largest absolute Gasteiger partial charge is 0.399 e. The molecule has 1 aliphatic rings. The minimum atomic E-state index is -0.183. The Hall–Kier alpha value is -4.11. The first-order chi connectivity index (χ1) is 16.5. The van der Waals surface area contributed by atoms with Crippen LogP contribution < -0.4 is 16.0 Å². The number of hydrogen-bond donors (Lipinski definition) is 2. The van der Waals surface area contributed by atoms with Gasteiger partial charge in [0.2, 0.25) is 5.95 Å². The topological polar surface area (TPSA) is 105 Å². The number of nitrogen functional groups attached to an aromatic ring is 1. The van der Waals surface area contributed by atoms with Crippen LogP contribution in [0, 0.1) is 0 Å². The first-order valence-corrected chi connectivity index (χ1v) is 11.2. The van der Waals surface area contributed by atoms with Gasteiger partial charge in [-0.1, -0.05) is 48.0 Å². The molecule has 2 aromatic heterocycles. The number of nitrogens with two attached hydrogens (primary N) is 1. The van der Waals surface area contributed by atoms with Crippen molar-refractivity contribution >= 4 is 46.5 Å². The average molecular weight is 475 g/mol. The molecule has 1 aliphatic heterocycles. The number of fused-ring (bicyclic) bond motifs is 1. The highest BCUT2D eigenvalue weighted by molar-refractivity contribution is 6.32. The number of nitrogens with zero attached hydrogens (tertiary/aromatic N) is 6. The lowest BCUT2D eigenvalue weighted by molar-refractivity contribution is 0.206. The van der Waals surface area contributed by atoms with E-state index in [1.54, 1.807) is 41.2 Å². The number of nitrogens with one attached hydrogen (secondary N) is 1. The SMILES string of the molecule is Cn1cc(Nc2ncc3c(n2)N(c2cccc(N)c2)C(=O)N(Cc2ccccc2)CC3)c(Cl)n1. The van der Waals surface area contributed by atoms with Crippen LogP contribution in [0.4, 0.5) is 33.6 Å². The molecule has 9 nitrogen and oxygen atoms in total. The van der Waals surface area contributed by atoms with Gasteiger partial charge in [-0.3, -0.25) is 4.68 Å². The molecule has 0 saturated heterocycles. The zero-order valence-corrected chi connectivity index (χ0v) is 19.3. The van der Waals surface area contributed by atoms with Gasteiger partial charge in [-0.2, -0.15) is 10.1 Å². The summed E-state index contributed by atoms with van der Waals surface area (Å²) in [5.74, 6) is 0.815. The lowest BCUT2D eigenvalue weighted by Gasteiger charge is -2.28. The maximum absolute atomic E-state index is 13.8. The molecule has 0 spiro atoms. The molecule has 34 heavy (non-hydrogen) atoms. The number of aromatic nitrogens is 4. The summed E-state index contributed by atoms with van der Waals surface area (Å²) in [5.41, 5.74) is 9.73. The van der Waals surface area contributed by atoms with Gasteiger partial charge in [0.05, 0.1) is 11.4 Å².